The predicted octanol–water partition coefficient (Wildman–Crippen LogP) is 1.72. The number of hydrogen-bond donors (Lipinski definition) is 4. The van der Waals surface area contributed by atoms with E-state index in [0.717, 1.165) is 57.8 Å². The van der Waals surface area contributed by atoms with Gasteiger partial charge in [0.2, 0.25) is 29.5 Å². The fourth-order valence-electron chi connectivity index (χ4n) is 6.45. The van der Waals surface area contributed by atoms with Crippen molar-refractivity contribution < 1.29 is 24.0 Å². The smallest absolute Gasteiger partial charge is 0.243 e. The van der Waals surface area contributed by atoms with E-state index in [-0.39, 0.29) is 49.4 Å². The van der Waals surface area contributed by atoms with Crippen LogP contribution in [0.1, 0.15) is 105 Å². The van der Waals surface area contributed by atoms with Crippen LogP contribution < -0.4 is 21.7 Å². The van der Waals surface area contributed by atoms with Gasteiger partial charge in [0.1, 0.15) is 12.1 Å². The van der Waals surface area contributed by atoms with Gasteiger partial charge in [0, 0.05) is 19.6 Å². The van der Waals surface area contributed by atoms with Crippen LogP contribution >= 0.6 is 0 Å². The van der Waals surface area contributed by atoms with E-state index in [1.165, 1.54) is 4.90 Å². The van der Waals surface area contributed by atoms with Crippen LogP contribution in [0.4, 0.5) is 0 Å². The number of amides is 5. The van der Waals surface area contributed by atoms with E-state index in [1.54, 1.807) is 11.9 Å². The number of carbonyl (C=O) groups excluding carboxylic acids is 5. The zero-order valence-electron chi connectivity index (χ0n) is 27.9. The number of likely N-dealkylation sites (N-methyl/N-ethyl adjacent to an activating group) is 1. The Morgan fingerprint density at radius 3 is 2.11 bits per heavy atom. The van der Waals surface area contributed by atoms with Crippen LogP contribution in [0.5, 0.6) is 0 Å². The molecule has 1 saturated carbocycles. The molecule has 0 radical (unpaired) electrons. The lowest BCUT2D eigenvalue weighted by atomic mass is 9.83. The molecule has 12 nitrogen and oxygen atoms in total. The second kappa shape index (κ2) is 19.6. The molecule has 0 spiro atoms. The number of nitrogens with one attached hydrogen (secondary N) is 3. The van der Waals surface area contributed by atoms with Gasteiger partial charge < -0.3 is 31.5 Å². The first-order valence-corrected chi connectivity index (χ1v) is 16.9. The van der Waals surface area contributed by atoms with E-state index in [9.17, 15) is 24.0 Å². The summed E-state index contributed by atoms with van der Waals surface area (Å²) in [6.45, 7) is 8.53. The van der Waals surface area contributed by atoms with Crippen LogP contribution in [0.25, 0.3) is 0 Å². The molecule has 1 aliphatic heterocycles. The van der Waals surface area contributed by atoms with E-state index in [2.05, 4.69) is 34.7 Å². The SMILES string of the molecule is CCCCC1C(=O)N(C)C(CCC)C(=O)NC(C2CCCCC2)C(=O)NCC(=O)NCC(=O)N(CN)C(C)CN1CCCC. The minimum absolute atomic E-state index is 0.0382. The average Bonchev–Trinajstić information content (AvgIpc) is 3.02. The van der Waals surface area contributed by atoms with E-state index >= 15 is 0 Å². The molecule has 1 saturated heterocycles. The first kappa shape index (κ1) is 37.5. The third-order valence-corrected chi connectivity index (χ3v) is 9.14. The third kappa shape index (κ3) is 11.0. The molecule has 252 valence electrons. The highest BCUT2D eigenvalue weighted by molar-refractivity contribution is 5.94. The lowest BCUT2D eigenvalue weighted by molar-refractivity contribution is -0.145. The highest BCUT2D eigenvalue weighted by atomic mass is 16.2. The number of nitrogens with two attached hydrogens (primary N) is 1. The number of unbranched alkanes of at least 4 members (excludes halogenated alkanes) is 2. The average molecular weight is 622 g/mol. The fraction of sp³-hybridized carbons (Fsp3) is 0.844. The zero-order chi connectivity index (χ0) is 32.6. The second-order valence-corrected chi connectivity index (χ2v) is 12.5. The monoisotopic (exact) mass is 621 g/mol. The van der Waals surface area contributed by atoms with Crippen LogP contribution in [0.2, 0.25) is 0 Å². The fourth-order valence-corrected chi connectivity index (χ4v) is 6.45. The summed E-state index contributed by atoms with van der Waals surface area (Å²) in [4.78, 5) is 72.7. The minimum atomic E-state index is -0.815. The van der Waals surface area contributed by atoms with Gasteiger partial charge in [-0.3, -0.25) is 28.9 Å². The van der Waals surface area contributed by atoms with Gasteiger partial charge in [-0.15, -0.1) is 0 Å². The van der Waals surface area contributed by atoms with Crippen molar-refractivity contribution in [3.05, 3.63) is 0 Å². The molecule has 5 amide bonds. The number of hydrogen-bond acceptors (Lipinski definition) is 7. The van der Waals surface area contributed by atoms with E-state index in [4.69, 9.17) is 5.73 Å². The summed E-state index contributed by atoms with van der Waals surface area (Å²) in [7, 11) is 1.69. The topological polar surface area (TPSA) is 157 Å². The van der Waals surface area contributed by atoms with Crippen LogP contribution in [0, 0.1) is 5.92 Å². The molecule has 0 bridgehead atoms. The van der Waals surface area contributed by atoms with Gasteiger partial charge in [0.05, 0.1) is 25.8 Å². The van der Waals surface area contributed by atoms with Crippen molar-refractivity contribution in [3.8, 4) is 0 Å². The lowest BCUT2D eigenvalue weighted by Gasteiger charge is -2.39. The Morgan fingerprint density at radius 1 is 0.818 bits per heavy atom. The molecule has 2 rings (SSSR count). The van der Waals surface area contributed by atoms with Gasteiger partial charge in [-0.1, -0.05) is 65.7 Å². The van der Waals surface area contributed by atoms with Crippen molar-refractivity contribution in [1.82, 2.24) is 30.7 Å². The van der Waals surface area contributed by atoms with Crippen molar-refractivity contribution in [3.63, 3.8) is 0 Å². The molecule has 44 heavy (non-hydrogen) atoms. The quantitative estimate of drug-likeness (QED) is 0.289. The summed E-state index contributed by atoms with van der Waals surface area (Å²) in [5, 5.41) is 8.28. The Hall–Kier alpha value is -2.73. The molecule has 1 heterocycles. The number of nitrogens with zero attached hydrogens (tertiary/aromatic N) is 3. The van der Waals surface area contributed by atoms with Gasteiger partial charge >= 0.3 is 0 Å². The molecule has 2 fully saturated rings. The predicted molar refractivity (Wildman–Crippen MR) is 171 cm³/mol. The maximum absolute atomic E-state index is 14.3. The van der Waals surface area contributed by atoms with Gasteiger partial charge in [-0.05, 0) is 51.5 Å². The van der Waals surface area contributed by atoms with Gasteiger partial charge in [-0.2, -0.15) is 0 Å². The summed E-state index contributed by atoms with van der Waals surface area (Å²) in [5.41, 5.74) is 6.02. The maximum Gasteiger partial charge on any atom is 0.243 e. The van der Waals surface area contributed by atoms with Gasteiger partial charge in [0.15, 0.2) is 0 Å². The Labute approximate surface area is 264 Å². The normalized spacial score (nSPS) is 26.5. The molecule has 2 aliphatic rings. The standard InChI is InChI=1S/C32H59N7O5/c1-6-9-17-26-32(44)37(5)25(14-8-3)30(42)36-29(24-15-12-11-13-16-24)31(43)35-19-27(40)34-20-28(41)39(22-33)23(4)21-38(26)18-10-7-2/h23-26,29H,6-22,33H2,1-5H3,(H,34,40)(H,35,43)(H,36,42). The lowest BCUT2D eigenvalue weighted by Crippen LogP contribution is -2.60. The third-order valence-electron chi connectivity index (χ3n) is 9.14. The Bertz CT molecular complexity index is 942. The first-order valence-electron chi connectivity index (χ1n) is 16.9. The van der Waals surface area contributed by atoms with E-state index in [0.29, 0.717) is 32.4 Å². The molecule has 0 aromatic carbocycles. The molecule has 5 N–H and O–H groups in total. The molecule has 4 unspecified atom stereocenters. The summed E-state index contributed by atoms with van der Waals surface area (Å²) >= 11 is 0. The van der Waals surface area contributed by atoms with Crippen LogP contribution in [-0.2, 0) is 24.0 Å². The Morgan fingerprint density at radius 2 is 1.50 bits per heavy atom. The second-order valence-electron chi connectivity index (χ2n) is 12.5. The summed E-state index contributed by atoms with van der Waals surface area (Å²) in [6, 6.07) is -2.37. The zero-order valence-corrected chi connectivity index (χ0v) is 27.9. The van der Waals surface area contributed by atoms with E-state index < -0.39 is 29.9 Å². The van der Waals surface area contributed by atoms with Crippen LogP contribution in [0.15, 0.2) is 0 Å². The maximum atomic E-state index is 14.3. The Kier molecular flexibility index (Phi) is 16.7. The number of carbonyl (C=O) groups is 5. The summed E-state index contributed by atoms with van der Waals surface area (Å²) in [5.74, 6) is -1.80. The first-order chi connectivity index (χ1) is 21.1. The highest BCUT2D eigenvalue weighted by Crippen LogP contribution is 2.27. The number of rotatable bonds is 10. The molecule has 4 atom stereocenters. The van der Waals surface area contributed by atoms with Crippen molar-refractivity contribution in [2.45, 2.75) is 129 Å². The van der Waals surface area contributed by atoms with Crippen molar-refractivity contribution in [1.29, 1.82) is 0 Å². The largest absolute Gasteiger partial charge is 0.345 e. The Balaban J connectivity index is 2.53. The molecule has 0 aromatic heterocycles. The molecule has 1 aliphatic carbocycles. The summed E-state index contributed by atoms with van der Waals surface area (Å²) in [6.07, 6.45) is 9.91. The van der Waals surface area contributed by atoms with Gasteiger partial charge in [0.25, 0.3) is 0 Å². The van der Waals surface area contributed by atoms with Crippen LogP contribution in [0.3, 0.4) is 0 Å². The van der Waals surface area contributed by atoms with Gasteiger partial charge in [-0.25, -0.2) is 0 Å². The van der Waals surface area contributed by atoms with Crippen LogP contribution in [-0.4, -0.2) is 108 Å². The molecular formula is C32H59N7O5. The molecular weight excluding hydrogens is 562 g/mol. The minimum Gasteiger partial charge on any atom is -0.345 e. The van der Waals surface area contributed by atoms with Crippen molar-refractivity contribution in [2.75, 3.05) is 39.9 Å². The van der Waals surface area contributed by atoms with Crippen molar-refractivity contribution in [2.24, 2.45) is 11.7 Å². The summed E-state index contributed by atoms with van der Waals surface area (Å²) < 4.78 is 0. The van der Waals surface area contributed by atoms with E-state index in [1.807, 2.05) is 13.8 Å². The molecule has 0 aromatic rings. The highest BCUT2D eigenvalue weighted by Gasteiger charge is 2.38. The molecule has 12 heteroatoms. The van der Waals surface area contributed by atoms with Crippen molar-refractivity contribution >= 4 is 29.5 Å².